The summed E-state index contributed by atoms with van der Waals surface area (Å²) in [6.45, 7) is 14.2. The van der Waals surface area contributed by atoms with E-state index in [1.165, 1.54) is 22.3 Å². The van der Waals surface area contributed by atoms with Crippen molar-refractivity contribution < 1.29 is 21.3 Å². The molecule has 0 nitrogen and oxygen atoms in total. The quantitative estimate of drug-likeness (QED) is 0.450. The monoisotopic (exact) mass is 432 g/mol. The minimum absolute atomic E-state index is 0.237. The van der Waals surface area contributed by atoms with E-state index in [0.29, 0.717) is 5.92 Å². The summed E-state index contributed by atoms with van der Waals surface area (Å²) in [6.07, 6.45) is 6.21. The normalized spacial score (nSPS) is 17.9. The summed E-state index contributed by atoms with van der Waals surface area (Å²) >= 11 is -2.06. The molecule has 27 heavy (non-hydrogen) atoms. The van der Waals surface area contributed by atoms with E-state index in [2.05, 4.69) is 96.2 Å². The van der Waals surface area contributed by atoms with Crippen LogP contribution in [0, 0.1) is 11.3 Å². The topological polar surface area (TPSA) is 0 Å². The van der Waals surface area contributed by atoms with Crippen molar-refractivity contribution in [1.29, 1.82) is 0 Å². The average molecular weight is 434 g/mol. The second-order valence-corrected chi connectivity index (χ2v) is 16.3. The Morgan fingerprint density at radius 2 is 1.67 bits per heavy atom. The van der Waals surface area contributed by atoms with E-state index in [-0.39, 0.29) is 5.41 Å². The summed E-state index contributed by atoms with van der Waals surface area (Å²) in [6, 6.07) is 16.1. The number of allylic oxidation sites excluding steroid dienone is 4. The van der Waals surface area contributed by atoms with Gasteiger partial charge < -0.3 is 0 Å². The molecular weight excluding hydrogens is 404 g/mol. The van der Waals surface area contributed by atoms with Crippen molar-refractivity contribution >= 4 is 6.48 Å². The van der Waals surface area contributed by atoms with E-state index in [1.807, 2.05) is 0 Å². The van der Waals surface area contributed by atoms with Gasteiger partial charge in [-0.2, -0.15) is 0 Å². The van der Waals surface area contributed by atoms with Crippen molar-refractivity contribution in [3.05, 3.63) is 74.6 Å². The summed E-state index contributed by atoms with van der Waals surface area (Å²) in [5.41, 5.74) is 7.82. The minimum atomic E-state index is -2.06. The van der Waals surface area contributed by atoms with Crippen LogP contribution >= 0.6 is 0 Å². The Bertz CT molecular complexity index is 1000. The Kier molecular flexibility index (Phi) is 4.88. The third kappa shape index (κ3) is 3.33. The van der Waals surface area contributed by atoms with E-state index in [0.717, 1.165) is 6.42 Å². The average Bonchev–Trinajstić information content (AvgIpc) is 3.16. The van der Waals surface area contributed by atoms with Crippen LogP contribution < -0.4 is 3.27 Å². The molecule has 2 aromatic rings. The first-order chi connectivity index (χ1) is 12.8. The van der Waals surface area contributed by atoms with Crippen LogP contribution in [-0.4, -0.2) is 3.21 Å². The van der Waals surface area contributed by atoms with E-state index < -0.39 is 21.3 Å². The molecule has 0 aromatic heterocycles. The molecule has 0 heterocycles. The summed E-state index contributed by atoms with van der Waals surface area (Å²) in [4.78, 5) is 0. The molecule has 1 heteroatoms. The molecule has 1 atom stereocenters. The molecule has 0 spiro atoms. The van der Waals surface area contributed by atoms with Gasteiger partial charge in [-0.25, -0.2) is 0 Å². The van der Waals surface area contributed by atoms with Crippen molar-refractivity contribution in [1.82, 2.24) is 0 Å². The Hall–Kier alpha value is -1.33. The van der Waals surface area contributed by atoms with Crippen LogP contribution in [-0.2, 0) is 27.7 Å². The molecule has 4 rings (SSSR count). The summed E-state index contributed by atoms with van der Waals surface area (Å²) < 4.78 is 5.14. The molecule has 1 unspecified atom stereocenters. The van der Waals surface area contributed by atoms with Gasteiger partial charge in [0.15, 0.2) is 0 Å². The van der Waals surface area contributed by atoms with Crippen molar-refractivity contribution in [3.63, 3.8) is 0 Å². The van der Waals surface area contributed by atoms with Crippen LogP contribution in [0.4, 0.5) is 0 Å². The summed E-state index contributed by atoms with van der Waals surface area (Å²) in [5, 5.41) is 0. The molecule has 2 aliphatic rings. The predicted octanol–water partition coefficient (Wildman–Crippen LogP) is 6.22. The van der Waals surface area contributed by atoms with Crippen molar-refractivity contribution in [2.45, 2.75) is 48.0 Å². The Labute approximate surface area is 172 Å². The van der Waals surface area contributed by atoms with Crippen LogP contribution in [0.3, 0.4) is 0 Å². The maximum absolute atomic E-state index is 2.58. The van der Waals surface area contributed by atoms with Gasteiger partial charge in [0.25, 0.3) is 0 Å². The molecule has 138 valence electrons. The molecule has 0 bridgehead atoms. The Balaban J connectivity index is 1.85. The third-order valence-electron chi connectivity index (χ3n) is 6.01. The maximum atomic E-state index is 2.58. The zero-order valence-electron chi connectivity index (χ0n) is 17.5. The van der Waals surface area contributed by atoms with Gasteiger partial charge in [0.05, 0.1) is 0 Å². The fraction of sp³-hybridized carbons (Fsp3) is 0.346. The van der Waals surface area contributed by atoms with Gasteiger partial charge in [0, 0.05) is 0 Å². The fourth-order valence-electron chi connectivity index (χ4n) is 4.58. The fourth-order valence-corrected chi connectivity index (χ4v) is 12.1. The number of fused-ring (bicyclic) bond motifs is 3. The number of rotatable bonds is 2. The van der Waals surface area contributed by atoms with Gasteiger partial charge in [-0.15, -0.1) is 0 Å². The van der Waals surface area contributed by atoms with Crippen LogP contribution in [0.25, 0.3) is 11.1 Å². The predicted molar refractivity (Wildman–Crippen MR) is 115 cm³/mol. The molecule has 0 fully saturated rings. The Morgan fingerprint density at radius 3 is 2.33 bits per heavy atom. The van der Waals surface area contributed by atoms with E-state index in [9.17, 15) is 0 Å². The molecule has 0 N–H and O–H groups in total. The number of benzene rings is 2. The van der Waals surface area contributed by atoms with Crippen LogP contribution in [0.1, 0.15) is 52.7 Å². The van der Waals surface area contributed by atoms with Crippen LogP contribution in [0.5, 0.6) is 0 Å². The first-order valence-corrected chi connectivity index (χ1v) is 13.8. The second kappa shape index (κ2) is 6.93. The second-order valence-electron chi connectivity index (χ2n) is 9.30. The van der Waals surface area contributed by atoms with Gasteiger partial charge in [0.1, 0.15) is 0 Å². The van der Waals surface area contributed by atoms with E-state index in [4.69, 9.17) is 0 Å². The molecule has 0 saturated carbocycles. The third-order valence-corrected chi connectivity index (χ3v) is 13.8. The van der Waals surface area contributed by atoms with Gasteiger partial charge >= 0.3 is 173 Å². The SMILES string of the molecule is C[C](C)=[Zr]([C]1=CC(C(C)(C)C)=CC1C)[c]1cccc2c1Cc1ccccc1-2. The molecule has 2 aromatic carbocycles. The molecular formula is C26H30Zr. The first-order valence-electron chi connectivity index (χ1n) is 10.1. The van der Waals surface area contributed by atoms with Gasteiger partial charge in [-0.1, -0.05) is 0 Å². The standard InChI is InChI=1S/C13H9.C10H15.C3H6.Zr/c1-3-7-12-10(5-1)9-11-6-2-4-8-13(11)12;1-8-5-6-9(7-8)10(2,3)4;1-3-2;/h1-5,7-8H,9H2;6-8H,1-4H3;1-2H3;. The van der Waals surface area contributed by atoms with Gasteiger partial charge in [-0.3, -0.25) is 0 Å². The van der Waals surface area contributed by atoms with Crippen molar-refractivity contribution in [2.24, 2.45) is 11.3 Å². The number of hydrogen-bond donors (Lipinski definition) is 0. The first kappa shape index (κ1) is 19.0. The van der Waals surface area contributed by atoms with Crippen molar-refractivity contribution in [3.8, 4) is 11.1 Å². The van der Waals surface area contributed by atoms with E-state index >= 15 is 0 Å². The van der Waals surface area contributed by atoms with Gasteiger partial charge in [0.2, 0.25) is 0 Å². The molecule has 0 saturated heterocycles. The van der Waals surface area contributed by atoms with E-state index in [1.54, 1.807) is 15.3 Å². The Morgan fingerprint density at radius 1 is 0.963 bits per heavy atom. The van der Waals surface area contributed by atoms with Crippen LogP contribution in [0.15, 0.2) is 63.5 Å². The molecule has 0 amide bonds. The zero-order chi connectivity index (χ0) is 19.3. The number of hydrogen-bond acceptors (Lipinski definition) is 0. The summed E-state index contributed by atoms with van der Waals surface area (Å²) in [5.74, 6) is 0.586. The molecule has 2 aliphatic carbocycles. The zero-order valence-corrected chi connectivity index (χ0v) is 19.9. The molecule has 0 radical (unpaired) electrons. The van der Waals surface area contributed by atoms with Crippen molar-refractivity contribution in [2.75, 3.05) is 0 Å². The molecule has 0 aliphatic heterocycles. The van der Waals surface area contributed by atoms with Gasteiger partial charge in [-0.05, 0) is 0 Å². The van der Waals surface area contributed by atoms with Crippen LogP contribution in [0.2, 0.25) is 0 Å². The summed E-state index contributed by atoms with van der Waals surface area (Å²) in [7, 11) is 0.